The predicted octanol–water partition coefficient (Wildman–Crippen LogP) is 4.99. The average molecular weight is 301 g/mol. The van der Waals surface area contributed by atoms with Gasteiger partial charge in [-0.15, -0.1) is 22.9 Å². The van der Waals surface area contributed by atoms with Gasteiger partial charge in [0.15, 0.2) is 0 Å². The molecule has 2 unspecified atom stereocenters. The molecule has 1 aromatic heterocycles. The monoisotopic (exact) mass is 300 g/mol. The first-order valence-corrected chi connectivity index (χ1v) is 8.97. The van der Waals surface area contributed by atoms with Gasteiger partial charge in [-0.3, -0.25) is 4.90 Å². The SMILES string of the molecule is CCCC1CCCCN1C(CC)c1nc(CCl)cs1. The zero-order chi connectivity index (χ0) is 13.7. The summed E-state index contributed by atoms with van der Waals surface area (Å²) in [6.45, 7) is 5.81. The molecule has 0 radical (unpaired) electrons. The number of nitrogens with zero attached hydrogens (tertiary/aromatic N) is 2. The lowest BCUT2D eigenvalue weighted by Crippen LogP contribution is -2.41. The predicted molar refractivity (Wildman–Crippen MR) is 84.0 cm³/mol. The number of hydrogen-bond acceptors (Lipinski definition) is 3. The highest BCUT2D eigenvalue weighted by molar-refractivity contribution is 7.09. The summed E-state index contributed by atoms with van der Waals surface area (Å²) in [6.07, 6.45) is 7.84. The van der Waals surface area contributed by atoms with E-state index in [4.69, 9.17) is 16.6 Å². The lowest BCUT2D eigenvalue weighted by atomic mass is 9.95. The quantitative estimate of drug-likeness (QED) is 0.688. The van der Waals surface area contributed by atoms with E-state index in [1.165, 1.54) is 43.7 Å². The normalized spacial score (nSPS) is 22.6. The number of likely N-dealkylation sites (tertiary alicyclic amines) is 1. The van der Waals surface area contributed by atoms with Crippen molar-refractivity contribution in [2.75, 3.05) is 6.54 Å². The Bertz CT molecular complexity index is 378. The van der Waals surface area contributed by atoms with Crippen molar-refractivity contribution >= 4 is 22.9 Å². The van der Waals surface area contributed by atoms with Crippen LogP contribution in [0.1, 0.15) is 69.1 Å². The maximum Gasteiger partial charge on any atom is 0.110 e. The summed E-state index contributed by atoms with van der Waals surface area (Å²) in [5, 5.41) is 3.38. The van der Waals surface area contributed by atoms with Crippen LogP contribution in [-0.2, 0) is 5.88 Å². The third-order valence-corrected chi connectivity index (χ3v) is 5.34. The van der Waals surface area contributed by atoms with Crippen LogP contribution in [0.3, 0.4) is 0 Å². The highest BCUT2D eigenvalue weighted by Crippen LogP contribution is 2.34. The second-order valence-electron chi connectivity index (χ2n) is 5.41. The van der Waals surface area contributed by atoms with Crippen LogP contribution in [-0.4, -0.2) is 22.5 Å². The van der Waals surface area contributed by atoms with E-state index in [9.17, 15) is 0 Å². The van der Waals surface area contributed by atoms with E-state index in [0.717, 1.165) is 18.2 Å². The third-order valence-electron chi connectivity index (χ3n) is 4.07. The topological polar surface area (TPSA) is 16.1 Å². The lowest BCUT2D eigenvalue weighted by Gasteiger charge is -2.40. The highest BCUT2D eigenvalue weighted by atomic mass is 35.5. The minimum Gasteiger partial charge on any atom is -0.291 e. The number of piperidine rings is 1. The number of hydrogen-bond donors (Lipinski definition) is 0. The first-order chi connectivity index (χ1) is 9.30. The number of aromatic nitrogens is 1. The van der Waals surface area contributed by atoms with Crippen LogP contribution in [0.25, 0.3) is 0 Å². The van der Waals surface area contributed by atoms with Crippen molar-refractivity contribution in [3.05, 3.63) is 16.1 Å². The third kappa shape index (κ3) is 3.71. The Morgan fingerprint density at radius 1 is 1.47 bits per heavy atom. The first kappa shape index (κ1) is 15.3. The fourth-order valence-electron chi connectivity index (χ4n) is 3.16. The number of halogens is 1. The summed E-state index contributed by atoms with van der Waals surface area (Å²) in [4.78, 5) is 7.43. The fraction of sp³-hybridized carbons (Fsp3) is 0.800. The van der Waals surface area contributed by atoms with Gasteiger partial charge in [0.2, 0.25) is 0 Å². The van der Waals surface area contributed by atoms with Gasteiger partial charge in [0, 0.05) is 11.4 Å². The van der Waals surface area contributed by atoms with E-state index in [2.05, 4.69) is 24.1 Å². The summed E-state index contributed by atoms with van der Waals surface area (Å²) in [5.41, 5.74) is 1.03. The van der Waals surface area contributed by atoms with Crippen LogP contribution < -0.4 is 0 Å². The minimum atomic E-state index is 0.499. The molecule has 0 spiro atoms. The Kier molecular flexibility index (Phi) is 6.11. The van der Waals surface area contributed by atoms with Crippen molar-refractivity contribution in [2.24, 2.45) is 0 Å². The molecule has 2 rings (SSSR count). The Labute approximate surface area is 126 Å². The zero-order valence-electron chi connectivity index (χ0n) is 12.1. The van der Waals surface area contributed by atoms with Gasteiger partial charge in [-0.2, -0.15) is 0 Å². The Morgan fingerprint density at radius 2 is 2.32 bits per heavy atom. The zero-order valence-corrected chi connectivity index (χ0v) is 13.6. The molecule has 1 aromatic rings. The molecule has 0 aliphatic carbocycles. The van der Waals surface area contributed by atoms with Crippen LogP contribution in [0.15, 0.2) is 5.38 Å². The first-order valence-electron chi connectivity index (χ1n) is 7.56. The minimum absolute atomic E-state index is 0.499. The molecule has 1 fully saturated rings. The standard InChI is InChI=1S/C15H25ClN2S/c1-3-7-13-8-5-6-9-18(13)14(4-2)15-17-12(10-16)11-19-15/h11,13-14H,3-10H2,1-2H3. The number of thiazole rings is 1. The van der Waals surface area contributed by atoms with Crippen LogP contribution in [0.4, 0.5) is 0 Å². The van der Waals surface area contributed by atoms with E-state index in [0.29, 0.717) is 11.9 Å². The molecule has 0 saturated carbocycles. The Hall–Kier alpha value is -0.120. The van der Waals surface area contributed by atoms with E-state index < -0.39 is 0 Å². The molecule has 1 aliphatic heterocycles. The van der Waals surface area contributed by atoms with Gasteiger partial charge in [0.25, 0.3) is 0 Å². The molecule has 1 saturated heterocycles. The van der Waals surface area contributed by atoms with Gasteiger partial charge >= 0.3 is 0 Å². The van der Waals surface area contributed by atoms with E-state index in [1.807, 2.05) is 0 Å². The molecular weight excluding hydrogens is 276 g/mol. The average Bonchev–Trinajstić information content (AvgIpc) is 2.91. The van der Waals surface area contributed by atoms with Gasteiger partial charge in [-0.25, -0.2) is 4.98 Å². The van der Waals surface area contributed by atoms with E-state index >= 15 is 0 Å². The molecule has 0 aromatic carbocycles. The molecule has 2 nitrogen and oxygen atoms in total. The molecular formula is C15H25ClN2S. The van der Waals surface area contributed by atoms with Crippen LogP contribution in [0.2, 0.25) is 0 Å². The summed E-state index contributed by atoms with van der Waals surface area (Å²) in [5.74, 6) is 0.533. The molecule has 19 heavy (non-hydrogen) atoms. The van der Waals surface area contributed by atoms with Gasteiger partial charge < -0.3 is 0 Å². The fourth-order valence-corrected chi connectivity index (χ4v) is 4.41. The van der Waals surface area contributed by atoms with Gasteiger partial charge in [0.1, 0.15) is 5.01 Å². The second kappa shape index (κ2) is 7.61. The molecule has 0 N–H and O–H groups in total. The molecule has 2 atom stereocenters. The van der Waals surface area contributed by atoms with Crippen molar-refractivity contribution in [3.8, 4) is 0 Å². The van der Waals surface area contributed by atoms with E-state index in [-0.39, 0.29) is 0 Å². The summed E-state index contributed by atoms with van der Waals surface area (Å²) < 4.78 is 0. The Balaban J connectivity index is 2.14. The molecule has 1 aliphatic rings. The van der Waals surface area contributed by atoms with Gasteiger partial charge in [-0.1, -0.05) is 26.7 Å². The maximum absolute atomic E-state index is 5.88. The molecule has 0 amide bonds. The van der Waals surface area contributed by atoms with Crippen molar-refractivity contribution in [2.45, 2.75) is 70.3 Å². The summed E-state index contributed by atoms with van der Waals surface area (Å²) in [6, 6.07) is 1.26. The van der Waals surface area contributed by atoms with Crippen molar-refractivity contribution in [3.63, 3.8) is 0 Å². The number of rotatable bonds is 6. The molecule has 0 bridgehead atoms. The highest BCUT2D eigenvalue weighted by Gasteiger charge is 2.29. The summed E-state index contributed by atoms with van der Waals surface area (Å²) in [7, 11) is 0. The maximum atomic E-state index is 5.88. The van der Waals surface area contributed by atoms with Crippen LogP contribution >= 0.6 is 22.9 Å². The smallest absolute Gasteiger partial charge is 0.110 e. The van der Waals surface area contributed by atoms with Gasteiger partial charge in [-0.05, 0) is 32.2 Å². The van der Waals surface area contributed by atoms with Gasteiger partial charge in [0.05, 0.1) is 17.6 Å². The lowest BCUT2D eigenvalue weighted by molar-refractivity contribution is 0.0850. The van der Waals surface area contributed by atoms with Crippen LogP contribution in [0.5, 0.6) is 0 Å². The van der Waals surface area contributed by atoms with Crippen molar-refractivity contribution < 1.29 is 0 Å². The molecule has 108 valence electrons. The Morgan fingerprint density at radius 3 is 2.95 bits per heavy atom. The molecule has 2 heterocycles. The van der Waals surface area contributed by atoms with Crippen LogP contribution in [0, 0.1) is 0 Å². The van der Waals surface area contributed by atoms with E-state index in [1.54, 1.807) is 11.3 Å². The molecule has 4 heteroatoms. The second-order valence-corrected chi connectivity index (χ2v) is 6.57. The van der Waals surface area contributed by atoms with Crippen molar-refractivity contribution in [1.82, 2.24) is 9.88 Å². The largest absolute Gasteiger partial charge is 0.291 e. The number of alkyl halides is 1. The van der Waals surface area contributed by atoms with Crippen molar-refractivity contribution in [1.29, 1.82) is 0 Å². The summed E-state index contributed by atoms with van der Waals surface area (Å²) >= 11 is 7.67.